The Kier molecular flexibility index (Phi) is 3.96. The Morgan fingerprint density at radius 2 is 2.19 bits per heavy atom. The molecule has 0 unspecified atom stereocenters. The van der Waals surface area contributed by atoms with Crippen LogP contribution in [0.25, 0.3) is 0 Å². The molecule has 1 aromatic rings. The average Bonchev–Trinajstić information content (AvgIpc) is 2.97. The monoisotopic (exact) mass is 290 g/mol. The van der Waals surface area contributed by atoms with Crippen LogP contribution in [0.1, 0.15) is 25.3 Å². The molecule has 0 amide bonds. The van der Waals surface area contributed by atoms with Gasteiger partial charge in [0.05, 0.1) is 4.92 Å². The van der Waals surface area contributed by atoms with E-state index in [0.29, 0.717) is 6.04 Å². The van der Waals surface area contributed by atoms with E-state index in [4.69, 9.17) is 0 Å². The van der Waals surface area contributed by atoms with E-state index in [-0.39, 0.29) is 10.6 Å². The zero-order chi connectivity index (χ0) is 14.8. The number of likely N-dealkylation sites (tertiary alicyclic amines) is 1. The van der Waals surface area contributed by atoms with E-state index >= 15 is 0 Å². The van der Waals surface area contributed by atoms with Crippen molar-refractivity contribution >= 4 is 17.1 Å². The lowest BCUT2D eigenvalue weighted by Gasteiger charge is -2.32. The Labute approximate surface area is 124 Å². The third-order valence-corrected chi connectivity index (χ3v) is 4.56. The molecule has 0 saturated carbocycles. The van der Waals surface area contributed by atoms with Gasteiger partial charge in [-0.1, -0.05) is 6.92 Å². The predicted octanol–water partition coefficient (Wildman–Crippen LogP) is 2.46. The highest BCUT2D eigenvalue weighted by Crippen LogP contribution is 2.37. The number of rotatable bonds is 4. The Hall–Kier alpha value is -1.82. The van der Waals surface area contributed by atoms with Crippen LogP contribution in [0.3, 0.4) is 0 Å². The van der Waals surface area contributed by atoms with Gasteiger partial charge in [0.2, 0.25) is 0 Å². The number of piperidine rings is 1. The molecule has 6 nitrogen and oxygen atoms in total. The molecule has 1 fully saturated rings. The van der Waals surface area contributed by atoms with Crippen LogP contribution < -0.4 is 10.6 Å². The Morgan fingerprint density at radius 3 is 2.86 bits per heavy atom. The summed E-state index contributed by atoms with van der Waals surface area (Å²) < 4.78 is 0. The summed E-state index contributed by atoms with van der Waals surface area (Å²) in [4.78, 5) is 13.4. The Balaban J connectivity index is 1.81. The van der Waals surface area contributed by atoms with Gasteiger partial charge in [-0.2, -0.15) is 0 Å². The van der Waals surface area contributed by atoms with Gasteiger partial charge in [0.1, 0.15) is 5.69 Å². The lowest BCUT2D eigenvalue weighted by Crippen LogP contribution is -2.39. The SMILES string of the molecule is CCN1CCC(Nc2c([N+](=O)[O-])ccc3c2CCN3)CC1. The van der Waals surface area contributed by atoms with Gasteiger partial charge in [0, 0.05) is 43.0 Å². The van der Waals surface area contributed by atoms with Gasteiger partial charge < -0.3 is 15.5 Å². The summed E-state index contributed by atoms with van der Waals surface area (Å²) in [5, 5.41) is 18.1. The quantitative estimate of drug-likeness (QED) is 0.658. The van der Waals surface area contributed by atoms with Gasteiger partial charge in [-0.3, -0.25) is 10.1 Å². The standard InChI is InChI=1S/C15H22N4O2/c1-2-18-9-6-11(7-10-18)17-15-12-5-8-16-13(12)3-4-14(15)19(20)21/h3-4,11,16-17H,2,5-10H2,1H3. The van der Waals surface area contributed by atoms with Crippen LogP contribution in [0.15, 0.2) is 12.1 Å². The van der Waals surface area contributed by atoms with Crippen molar-refractivity contribution in [2.24, 2.45) is 0 Å². The third kappa shape index (κ3) is 2.81. The smallest absolute Gasteiger partial charge is 0.292 e. The Bertz CT molecular complexity index is 539. The van der Waals surface area contributed by atoms with Crippen LogP contribution in [-0.2, 0) is 6.42 Å². The van der Waals surface area contributed by atoms with Crippen molar-refractivity contribution in [1.82, 2.24) is 4.90 Å². The van der Waals surface area contributed by atoms with Crippen molar-refractivity contribution in [2.45, 2.75) is 32.2 Å². The first-order chi connectivity index (χ1) is 10.2. The summed E-state index contributed by atoms with van der Waals surface area (Å²) in [7, 11) is 0. The molecule has 0 radical (unpaired) electrons. The van der Waals surface area contributed by atoms with E-state index in [0.717, 1.165) is 62.4 Å². The van der Waals surface area contributed by atoms with Gasteiger partial charge in [-0.15, -0.1) is 0 Å². The maximum atomic E-state index is 11.3. The van der Waals surface area contributed by atoms with E-state index in [1.54, 1.807) is 6.07 Å². The zero-order valence-electron chi connectivity index (χ0n) is 12.4. The highest BCUT2D eigenvalue weighted by atomic mass is 16.6. The minimum atomic E-state index is -0.276. The molecule has 0 aliphatic carbocycles. The largest absolute Gasteiger partial charge is 0.384 e. The second kappa shape index (κ2) is 5.89. The van der Waals surface area contributed by atoms with Crippen LogP contribution in [0.5, 0.6) is 0 Å². The van der Waals surface area contributed by atoms with Crippen molar-refractivity contribution in [1.29, 1.82) is 0 Å². The summed E-state index contributed by atoms with van der Waals surface area (Å²) >= 11 is 0. The molecular formula is C15H22N4O2. The molecule has 21 heavy (non-hydrogen) atoms. The number of hydrogen-bond acceptors (Lipinski definition) is 5. The molecule has 0 bridgehead atoms. The van der Waals surface area contributed by atoms with E-state index in [9.17, 15) is 10.1 Å². The maximum absolute atomic E-state index is 11.3. The lowest BCUT2D eigenvalue weighted by molar-refractivity contribution is -0.384. The second-order valence-corrected chi connectivity index (χ2v) is 5.77. The van der Waals surface area contributed by atoms with Gasteiger partial charge in [-0.25, -0.2) is 0 Å². The molecule has 0 atom stereocenters. The number of anilines is 2. The van der Waals surface area contributed by atoms with Crippen LogP contribution in [-0.4, -0.2) is 42.0 Å². The minimum absolute atomic E-state index is 0.204. The first kappa shape index (κ1) is 14.1. The summed E-state index contributed by atoms with van der Waals surface area (Å²) in [6, 6.07) is 3.77. The average molecular weight is 290 g/mol. The van der Waals surface area contributed by atoms with Crippen molar-refractivity contribution in [2.75, 3.05) is 36.8 Å². The topological polar surface area (TPSA) is 70.4 Å². The summed E-state index contributed by atoms with van der Waals surface area (Å²) in [6.07, 6.45) is 2.94. The van der Waals surface area contributed by atoms with Gasteiger partial charge in [-0.05, 0) is 31.9 Å². The van der Waals surface area contributed by atoms with Gasteiger partial charge in [0.25, 0.3) is 5.69 Å². The van der Waals surface area contributed by atoms with Crippen molar-refractivity contribution in [3.8, 4) is 0 Å². The van der Waals surface area contributed by atoms with Gasteiger partial charge >= 0.3 is 0 Å². The zero-order valence-corrected chi connectivity index (χ0v) is 12.4. The normalized spacial score (nSPS) is 19.1. The number of benzene rings is 1. The number of nitro benzene ring substituents is 1. The molecule has 2 aliphatic rings. The van der Waals surface area contributed by atoms with Crippen LogP contribution in [0, 0.1) is 10.1 Å². The molecule has 3 rings (SSSR count). The molecule has 0 spiro atoms. The summed E-state index contributed by atoms with van der Waals surface area (Å²) in [5.74, 6) is 0. The van der Waals surface area contributed by atoms with Crippen LogP contribution >= 0.6 is 0 Å². The van der Waals surface area contributed by atoms with Gasteiger partial charge in [0.15, 0.2) is 0 Å². The lowest BCUT2D eigenvalue weighted by atomic mass is 10.0. The first-order valence-corrected chi connectivity index (χ1v) is 7.72. The number of hydrogen-bond donors (Lipinski definition) is 2. The molecule has 2 aliphatic heterocycles. The van der Waals surface area contributed by atoms with Crippen molar-refractivity contribution < 1.29 is 4.92 Å². The Morgan fingerprint density at radius 1 is 1.43 bits per heavy atom. The molecule has 114 valence electrons. The molecule has 0 aromatic heterocycles. The fourth-order valence-corrected chi connectivity index (χ4v) is 3.29. The molecular weight excluding hydrogens is 268 g/mol. The maximum Gasteiger partial charge on any atom is 0.292 e. The highest BCUT2D eigenvalue weighted by Gasteiger charge is 2.26. The van der Waals surface area contributed by atoms with E-state index < -0.39 is 0 Å². The summed E-state index contributed by atoms with van der Waals surface area (Å²) in [6.45, 7) is 6.25. The van der Waals surface area contributed by atoms with Crippen molar-refractivity contribution in [3.05, 3.63) is 27.8 Å². The van der Waals surface area contributed by atoms with Crippen LogP contribution in [0.2, 0.25) is 0 Å². The molecule has 2 heterocycles. The molecule has 2 N–H and O–H groups in total. The van der Waals surface area contributed by atoms with Crippen LogP contribution in [0.4, 0.5) is 17.1 Å². The minimum Gasteiger partial charge on any atom is -0.384 e. The number of nitro groups is 1. The number of fused-ring (bicyclic) bond motifs is 1. The number of nitrogens with one attached hydrogen (secondary N) is 2. The van der Waals surface area contributed by atoms with E-state index in [1.165, 1.54) is 0 Å². The molecule has 1 aromatic carbocycles. The fraction of sp³-hybridized carbons (Fsp3) is 0.600. The molecule has 1 saturated heterocycles. The number of nitrogens with zero attached hydrogens (tertiary/aromatic N) is 2. The second-order valence-electron chi connectivity index (χ2n) is 5.77. The third-order valence-electron chi connectivity index (χ3n) is 4.56. The van der Waals surface area contributed by atoms with E-state index in [2.05, 4.69) is 22.5 Å². The predicted molar refractivity (Wildman–Crippen MR) is 84.0 cm³/mol. The fourth-order valence-electron chi connectivity index (χ4n) is 3.29. The van der Waals surface area contributed by atoms with E-state index in [1.807, 2.05) is 6.07 Å². The first-order valence-electron chi connectivity index (χ1n) is 7.72. The van der Waals surface area contributed by atoms with Crippen molar-refractivity contribution in [3.63, 3.8) is 0 Å². The summed E-state index contributed by atoms with van der Waals surface area (Å²) in [5.41, 5.74) is 3.05. The highest BCUT2D eigenvalue weighted by molar-refractivity contribution is 5.77. The molecule has 6 heteroatoms.